The Labute approximate surface area is 166 Å². The number of benzene rings is 2. The lowest BCUT2D eigenvalue weighted by atomic mass is 9.99. The van der Waals surface area contributed by atoms with E-state index in [0.717, 1.165) is 32.9 Å². The molecule has 4 N–H and O–H groups in total. The van der Waals surface area contributed by atoms with Gasteiger partial charge in [-0.1, -0.05) is 18.2 Å². The average Bonchev–Trinajstić information content (AvgIpc) is 3.42. The van der Waals surface area contributed by atoms with E-state index < -0.39 is 0 Å². The smallest absolute Gasteiger partial charge is 0.274 e. The van der Waals surface area contributed by atoms with Gasteiger partial charge in [-0.25, -0.2) is 4.98 Å². The first kappa shape index (κ1) is 17.0. The van der Waals surface area contributed by atoms with Crippen molar-refractivity contribution >= 4 is 39.2 Å². The summed E-state index contributed by atoms with van der Waals surface area (Å²) in [5.74, 6) is 0.362. The Balaban J connectivity index is 1.59. The summed E-state index contributed by atoms with van der Waals surface area (Å²) in [5.41, 5.74) is 4.99. The highest BCUT2D eigenvalue weighted by Crippen LogP contribution is 2.34. The van der Waals surface area contributed by atoms with Crippen molar-refractivity contribution in [1.82, 2.24) is 20.2 Å². The normalized spacial score (nSPS) is 11.1. The van der Waals surface area contributed by atoms with Gasteiger partial charge in [-0.05, 0) is 47.5 Å². The molecule has 0 fully saturated rings. The molecule has 0 saturated carbocycles. The number of carbonyl (C=O) groups excluding carboxylic acids is 1. The Morgan fingerprint density at radius 3 is 2.79 bits per heavy atom. The first-order chi connectivity index (χ1) is 14.2. The maximum Gasteiger partial charge on any atom is 0.274 e. The molecule has 0 saturated heterocycles. The number of aromatic nitrogens is 4. The maximum absolute atomic E-state index is 12.8. The number of carbonyl (C=O) groups is 1. The van der Waals surface area contributed by atoms with Crippen LogP contribution in [-0.4, -0.2) is 33.1 Å². The monoisotopic (exact) mass is 382 g/mol. The molecule has 3 heterocycles. The van der Waals surface area contributed by atoms with Crippen LogP contribution in [0.3, 0.4) is 0 Å². The number of hydrogen-bond donors (Lipinski definition) is 4. The predicted octanol–water partition coefficient (Wildman–Crippen LogP) is 4.40. The van der Waals surface area contributed by atoms with Crippen molar-refractivity contribution < 1.29 is 4.79 Å². The van der Waals surface area contributed by atoms with Gasteiger partial charge in [0, 0.05) is 29.5 Å². The summed E-state index contributed by atoms with van der Waals surface area (Å²) in [6.45, 7) is 0. The quantitative estimate of drug-likeness (QED) is 0.370. The average molecular weight is 382 g/mol. The molecule has 0 unspecified atom stereocenters. The second-order valence-electron chi connectivity index (χ2n) is 6.71. The molecule has 5 aromatic rings. The molecule has 0 spiro atoms. The molecule has 5 rings (SSSR count). The second kappa shape index (κ2) is 6.79. The van der Waals surface area contributed by atoms with Crippen molar-refractivity contribution in [2.24, 2.45) is 0 Å². The van der Waals surface area contributed by atoms with E-state index in [9.17, 15) is 4.79 Å². The van der Waals surface area contributed by atoms with Crippen LogP contribution in [0.5, 0.6) is 0 Å². The lowest BCUT2D eigenvalue weighted by molar-refractivity contribution is 0.102. The first-order valence-corrected chi connectivity index (χ1v) is 9.23. The van der Waals surface area contributed by atoms with Crippen LogP contribution in [0, 0.1) is 0 Å². The number of nitrogens with one attached hydrogen (secondary N) is 4. The van der Waals surface area contributed by atoms with E-state index in [1.807, 2.05) is 42.6 Å². The Bertz CT molecular complexity index is 1350. The van der Waals surface area contributed by atoms with Gasteiger partial charge in [-0.15, -0.1) is 0 Å². The minimum Gasteiger partial charge on any atom is -0.373 e. The number of aromatic amines is 2. The molecule has 29 heavy (non-hydrogen) atoms. The van der Waals surface area contributed by atoms with Crippen LogP contribution in [-0.2, 0) is 0 Å². The highest BCUT2D eigenvalue weighted by molar-refractivity contribution is 6.09. The summed E-state index contributed by atoms with van der Waals surface area (Å²) in [4.78, 5) is 20.4. The third kappa shape index (κ3) is 2.98. The van der Waals surface area contributed by atoms with Gasteiger partial charge in [-0.3, -0.25) is 9.89 Å². The van der Waals surface area contributed by atoms with Crippen LogP contribution in [0.2, 0.25) is 0 Å². The molecule has 0 radical (unpaired) electrons. The number of amides is 1. The topological polar surface area (TPSA) is 98.5 Å². The molecule has 3 aromatic heterocycles. The Morgan fingerprint density at radius 2 is 1.90 bits per heavy atom. The zero-order valence-electron chi connectivity index (χ0n) is 15.7. The van der Waals surface area contributed by atoms with Crippen molar-refractivity contribution in [3.63, 3.8) is 0 Å². The van der Waals surface area contributed by atoms with Crippen LogP contribution in [0.25, 0.3) is 32.9 Å². The van der Waals surface area contributed by atoms with Crippen LogP contribution in [0.15, 0.2) is 67.0 Å². The van der Waals surface area contributed by atoms with E-state index in [4.69, 9.17) is 0 Å². The first-order valence-electron chi connectivity index (χ1n) is 9.23. The Morgan fingerprint density at radius 1 is 1.00 bits per heavy atom. The number of nitrogens with zero attached hydrogens (tertiary/aromatic N) is 2. The van der Waals surface area contributed by atoms with Gasteiger partial charge in [0.1, 0.15) is 11.5 Å². The van der Waals surface area contributed by atoms with Gasteiger partial charge in [0.15, 0.2) is 0 Å². The fourth-order valence-corrected chi connectivity index (χ4v) is 3.53. The number of pyridine rings is 1. The molecule has 0 aliphatic carbocycles. The van der Waals surface area contributed by atoms with Crippen LogP contribution >= 0.6 is 0 Å². The third-order valence-corrected chi connectivity index (χ3v) is 4.95. The van der Waals surface area contributed by atoms with Gasteiger partial charge in [0.25, 0.3) is 5.91 Å². The molecule has 2 aromatic carbocycles. The van der Waals surface area contributed by atoms with Gasteiger partial charge in [-0.2, -0.15) is 5.10 Å². The van der Waals surface area contributed by atoms with Crippen LogP contribution in [0.1, 0.15) is 10.5 Å². The molecular formula is C22H18N6O. The lowest BCUT2D eigenvalue weighted by Crippen LogP contribution is -2.14. The number of rotatable bonds is 4. The van der Waals surface area contributed by atoms with Gasteiger partial charge in [0.2, 0.25) is 0 Å². The van der Waals surface area contributed by atoms with E-state index in [-0.39, 0.29) is 5.91 Å². The van der Waals surface area contributed by atoms with Gasteiger partial charge >= 0.3 is 0 Å². The minimum absolute atomic E-state index is 0.276. The summed E-state index contributed by atoms with van der Waals surface area (Å²) in [6.07, 6.45) is 3.63. The van der Waals surface area contributed by atoms with Crippen LogP contribution in [0.4, 0.5) is 11.5 Å². The molecular weight excluding hydrogens is 364 g/mol. The number of fused-ring (bicyclic) bond motifs is 2. The van der Waals surface area contributed by atoms with Crippen LogP contribution < -0.4 is 10.6 Å². The van der Waals surface area contributed by atoms with Crippen molar-refractivity contribution in [3.05, 3.63) is 72.7 Å². The summed E-state index contributed by atoms with van der Waals surface area (Å²) in [5, 5.41) is 15.1. The summed E-state index contributed by atoms with van der Waals surface area (Å²) >= 11 is 0. The van der Waals surface area contributed by atoms with Gasteiger partial charge < -0.3 is 15.6 Å². The zero-order chi connectivity index (χ0) is 19.8. The second-order valence-corrected chi connectivity index (χ2v) is 6.71. The highest BCUT2D eigenvalue weighted by atomic mass is 16.1. The SMILES string of the molecule is CNc1cccc(C(=O)Nc2cc(-c3cccc4[nH]ccc34)cc3[nH]ncc23)n1. The molecule has 0 aliphatic heterocycles. The van der Waals surface area contributed by atoms with E-state index in [0.29, 0.717) is 17.2 Å². The summed E-state index contributed by atoms with van der Waals surface area (Å²) in [6, 6.07) is 17.5. The molecule has 0 atom stereocenters. The standard InChI is InChI=1S/C22H18N6O/c1-23-21-7-3-6-18(26-21)22(29)27-19-10-13(11-20-16(19)12-25-28-20)14-4-2-5-17-15(14)8-9-24-17/h2-12,24H,1H3,(H,23,26)(H,25,28)(H,27,29). The largest absolute Gasteiger partial charge is 0.373 e. The molecule has 7 nitrogen and oxygen atoms in total. The lowest BCUT2D eigenvalue weighted by Gasteiger charge is -2.11. The van der Waals surface area contributed by atoms with E-state index in [1.165, 1.54) is 0 Å². The van der Waals surface area contributed by atoms with Crippen molar-refractivity contribution in [2.45, 2.75) is 0 Å². The van der Waals surface area contributed by atoms with Crippen molar-refractivity contribution in [2.75, 3.05) is 17.7 Å². The van der Waals surface area contributed by atoms with E-state index in [2.05, 4.69) is 36.9 Å². The third-order valence-electron chi connectivity index (χ3n) is 4.95. The molecule has 0 bridgehead atoms. The van der Waals surface area contributed by atoms with E-state index in [1.54, 1.807) is 25.4 Å². The summed E-state index contributed by atoms with van der Waals surface area (Å²) in [7, 11) is 1.77. The number of H-pyrrole nitrogens is 2. The number of anilines is 2. The van der Waals surface area contributed by atoms with E-state index >= 15 is 0 Å². The molecule has 0 aliphatic rings. The zero-order valence-corrected chi connectivity index (χ0v) is 15.7. The fourth-order valence-electron chi connectivity index (χ4n) is 3.53. The predicted molar refractivity (Wildman–Crippen MR) is 115 cm³/mol. The number of hydrogen-bond acceptors (Lipinski definition) is 4. The van der Waals surface area contributed by atoms with Crippen molar-refractivity contribution in [1.29, 1.82) is 0 Å². The molecule has 7 heteroatoms. The molecule has 142 valence electrons. The highest BCUT2D eigenvalue weighted by Gasteiger charge is 2.14. The van der Waals surface area contributed by atoms with Gasteiger partial charge in [0.05, 0.1) is 17.4 Å². The minimum atomic E-state index is -0.276. The maximum atomic E-state index is 12.8. The molecule has 1 amide bonds. The Kier molecular flexibility index (Phi) is 3.98. The fraction of sp³-hybridized carbons (Fsp3) is 0.0455. The summed E-state index contributed by atoms with van der Waals surface area (Å²) < 4.78 is 0. The van der Waals surface area contributed by atoms with Crippen molar-refractivity contribution in [3.8, 4) is 11.1 Å². The Hall–Kier alpha value is -4.13.